The lowest BCUT2D eigenvalue weighted by atomic mass is 10.1. The maximum atomic E-state index is 5.90. The minimum atomic E-state index is 0.183. The molecule has 0 unspecified atom stereocenters. The molecule has 30 heavy (non-hydrogen) atoms. The molecule has 0 radical (unpaired) electrons. The molecule has 0 atom stereocenters. The molecule has 8 heteroatoms. The van der Waals surface area contributed by atoms with Crippen LogP contribution in [0.3, 0.4) is 0 Å². The van der Waals surface area contributed by atoms with Gasteiger partial charge in [0, 0.05) is 38.2 Å². The third-order valence-electron chi connectivity index (χ3n) is 5.03. The van der Waals surface area contributed by atoms with Crippen molar-refractivity contribution in [3.05, 3.63) is 66.6 Å². The van der Waals surface area contributed by atoms with E-state index < -0.39 is 0 Å². The van der Waals surface area contributed by atoms with Crippen molar-refractivity contribution < 1.29 is 9.47 Å². The Labute approximate surface area is 178 Å². The van der Waals surface area contributed by atoms with Gasteiger partial charge in [-0.2, -0.15) is 4.98 Å². The summed E-state index contributed by atoms with van der Waals surface area (Å²) in [6.07, 6.45) is 7.29. The molecule has 0 spiro atoms. The standard InChI is InChI=1S/C22H21N5O2S/c1-3-19-20(23-10-1)26-22(30-19)29-17-6-4-16(5-7-17)15-27-13-8-18(9-14-27)28-21-24-11-2-12-25-21/h1-7,10-12,18H,8-9,13-15H2. The Balaban J connectivity index is 1.13. The molecule has 0 N–H and O–H groups in total. The van der Waals surface area contributed by atoms with Crippen LogP contribution in [0.5, 0.6) is 17.0 Å². The van der Waals surface area contributed by atoms with Gasteiger partial charge in [-0.05, 0) is 48.7 Å². The topological polar surface area (TPSA) is 73.3 Å². The fourth-order valence-electron chi connectivity index (χ4n) is 3.50. The number of likely N-dealkylation sites (tertiary alicyclic amines) is 1. The zero-order chi connectivity index (χ0) is 20.2. The van der Waals surface area contributed by atoms with Gasteiger partial charge in [0.1, 0.15) is 11.9 Å². The highest BCUT2D eigenvalue weighted by Crippen LogP contribution is 2.30. The van der Waals surface area contributed by atoms with E-state index in [1.807, 2.05) is 24.3 Å². The van der Waals surface area contributed by atoms with Crippen molar-refractivity contribution in [1.82, 2.24) is 24.8 Å². The number of piperidine rings is 1. The van der Waals surface area contributed by atoms with E-state index in [9.17, 15) is 0 Å². The molecule has 7 nitrogen and oxygen atoms in total. The molecule has 152 valence electrons. The van der Waals surface area contributed by atoms with E-state index in [0.717, 1.165) is 48.6 Å². The third kappa shape index (κ3) is 4.55. The van der Waals surface area contributed by atoms with Crippen molar-refractivity contribution in [2.75, 3.05) is 13.1 Å². The van der Waals surface area contributed by atoms with Crippen LogP contribution in [0.25, 0.3) is 10.3 Å². The second-order valence-corrected chi connectivity index (χ2v) is 8.17. The normalized spacial score (nSPS) is 15.3. The lowest BCUT2D eigenvalue weighted by Gasteiger charge is -2.31. The lowest BCUT2D eigenvalue weighted by Crippen LogP contribution is -2.38. The van der Waals surface area contributed by atoms with Crippen molar-refractivity contribution in [1.29, 1.82) is 0 Å². The summed E-state index contributed by atoms with van der Waals surface area (Å²) in [5.41, 5.74) is 1.99. The monoisotopic (exact) mass is 419 g/mol. The number of nitrogens with zero attached hydrogens (tertiary/aromatic N) is 5. The van der Waals surface area contributed by atoms with Gasteiger partial charge in [-0.15, -0.1) is 0 Å². The minimum Gasteiger partial charge on any atom is -0.460 e. The average Bonchev–Trinajstić information content (AvgIpc) is 3.19. The van der Waals surface area contributed by atoms with E-state index in [1.54, 1.807) is 24.7 Å². The summed E-state index contributed by atoms with van der Waals surface area (Å²) in [5, 5.41) is 0.612. The van der Waals surface area contributed by atoms with Gasteiger partial charge >= 0.3 is 6.01 Å². The van der Waals surface area contributed by atoms with Gasteiger partial charge in [0.15, 0.2) is 5.65 Å². The molecule has 0 aliphatic carbocycles. The number of pyridine rings is 1. The van der Waals surface area contributed by atoms with Gasteiger partial charge < -0.3 is 9.47 Å². The van der Waals surface area contributed by atoms with E-state index in [2.05, 4.69) is 37.0 Å². The number of thiazole rings is 1. The predicted octanol–water partition coefficient (Wildman–Crippen LogP) is 4.32. The largest absolute Gasteiger partial charge is 0.460 e. The summed E-state index contributed by atoms with van der Waals surface area (Å²) in [7, 11) is 0. The number of rotatable bonds is 6. The second kappa shape index (κ2) is 8.73. The number of ether oxygens (including phenoxy) is 2. The maximum absolute atomic E-state index is 5.90. The van der Waals surface area contributed by atoms with Crippen molar-refractivity contribution in [3.8, 4) is 17.0 Å². The van der Waals surface area contributed by atoms with Gasteiger partial charge in [-0.3, -0.25) is 4.90 Å². The van der Waals surface area contributed by atoms with Crippen LogP contribution in [0.15, 0.2) is 61.1 Å². The second-order valence-electron chi connectivity index (χ2n) is 7.18. The van der Waals surface area contributed by atoms with Crippen LogP contribution in [0.1, 0.15) is 18.4 Å². The fraction of sp³-hybridized carbons (Fsp3) is 0.273. The SMILES string of the molecule is c1cnc(OC2CCN(Cc3ccc(Oc4nc5ncccc5s4)cc3)CC2)nc1. The first-order valence-electron chi connectivity index (χ1n) is 9.96. The Morgan fingerprint density at radius 3 is 2.47 bits per heavy atom. The van der Waals surface area contributed by atoms with Crippen molar-refractivity contribution >= 4 is 21.7 Å². The predicted molar refractivity (Wildman–Crippen MR) is 115 cm³/mol. The van der Waals surface area contributed by atoms with Crippen molar-refractivity contribution in [2.45, 2.75) is 25.5 Å². The number of benzene rings is 1. The summed E-state index contributed by atoms with van der Waals surface area (Å²) in [6.45, 7) is 2.91. The molecule has 4 heterocycles. The Morgan fingerprint density at radius 1 is 0.933 bits per heavy atom. The van der Waals surface area contributed by atoms with Crippen LogP contribution in [0, 0.1) is 0 Å². The molecule has 1 aromatic carbocycles. The van der Waals surface area contributed by atoms with Crippen molar-refractivity contribution in [2.24, 2.45) is 0 Å². The first kappa shape index (κ1) is 18.9. The molecule has 1 aliphatic rings. The van der Waals surface area contributed by atoms with E-state index in [-0.39, 0.29) is 6.10 Å². The Kier molecular flexibility index (Phi) is 5.50. The van der Waals surface area contributed by atoms with Gasteiger partial charge in [0.2, 0.25) is 0 Å². The quantitative estimate of drug-likeness (QED) is 0.461. The van der Waals surface area contributed by atoms with E-state index >= 15 is 0 Å². The molecule has 3 aromatic heterocycles. The third-order valence-corrected chi connectivity index (χ3v) is 5.92. The number of hydrogen-bond acceptors (Lipinski definition) is 8. The van der Waals surface area contributed by atoms with Crippen LogP contribution in [-0.2, 0) is 6.54 Å². The van der Waals surface area contributed by atoms with E-state index in [0.29, 0.717) is 11.2 Å². The molecule has 0 saturated carbocycles. The molecular formula is C22H21N5O2S. The molecule has 4 aromatic rings. The van der Waals surface area contributed by atoms with E-state index in [1.165, 1.54) is 16.9 Å². The highest BCUT2D eigenvalue weighted by atomic mass is 32.1. The summed E-state index contributed by atoms with van der Waals surface area (Å²) in [4.78, 5) is 19.4. The van der Waals surface area contributed by atoms with Crippen LogP contribution >= 0.6 is 11.3 Å². The number of aromatic nitrogens is 4. The molecule has 1 aliphatic heterocycles. The van der Waals surface area contributed by atoms with Gasteiger partial charge in [-0.25, -0.2) is 15.0 Å². The van der Waals surface area contributed by atoms with Crippen LogP contribution in [0.4, 0.5) is 0 Å². The minimum absolute atomic E-state index is 0.183. The first-order valence-corrected chi connectivity index (χ1v) is 10.8. The van der Waals surface area contributed by atoms with Gasteiger partial charge in [0.05, 0.1) is 4.70 Å². The summed E-state index contributed by atoms with van der Waals surface area (Å²) < 4.78 is 12.8. The fourth-order valence-corrected chi connectivity index (χ4v) is 4.29. The first-order chi connectivity index (χ1) is 14.8. The number of hydrogen-bond donors (Lipinski definition) is 0. The molecule has 1 fully saturated rings. The van der Waals surface area contributed by atoms with E-state index in [4.69, 9.17) is 9.47 Å². The lowest BCUT2D eigenvalue weighted by molar-refractivity contribution is 0.0892. The van der Waals surface area contributed by atoms with Gasteiger partial charge in [-0.1, -0.05) is 23.5 Å². The Bertz CT molecular complexity index is 1060. The van der Waals surface area contributed by atoms with Crippen molar-refractivity contribution in [3.63, 3.8) is 0 Å². The maximum Gasteiger partial charge on any atom is 0.316 e. The number of fused-ring (bicyclic) bond motifs is 1. The zero-order valence-corrected chi connectivity index (χ0v) is 17.2. The van der Waals surface area contributed by atoms with Gasteiger partial charge in [0.25, 0.3) is 5.19 Å². The highest BCUT2D eigenvalue weighted by molar-refractivity contribution is 7.20. The average molecular weight is 420 g/mol. The smallest absolute Gasteiger partial charge is 0.316 e. The Morgan fingerprint density at radius 2 is 1.70 bits per heavy atom. The molecular weight excluding hydrogens is 398 g/mol. The Hall–Kier alpha value is -3.10. The van der Waals surface area contributed by atoms with Crippen LogP contribution in [-0.4, -0.2) is 44.0 Å². The summed E-state index contributed by atoms with van der Waals surface area (Å²) in [5.74, 6) is 0.785. The molecule has 0 amide bonds. The molecule has 0 bridgehead atoms. The summed E-state index contributed by atoms with van der Waals surface area (Å²) in [6, 6.07) is 14.4. The van der Waals surface area contributed by atoms with Crippen LogP contribution in [0.2, 0.25) is 0 Å². The summed E-state index contributed by atoms with van der Waals surface area (Å²) >= 11 is 1.50. The zero-order valence-electron chi connectivity index (χ0n) is 16.3. The molecule has 5 rings (SSSR count). The highest BCUT2D eigenvalue weighted by Gasteiger charge is 2.21. The van der Waals surface area contributed by atoms with Crippen LogP contribution < -0.4 is 9.47 Å². The molecule has 1 saturated heterocycles.